The molecular weight excluding hydrogens is 268 g/mol. The van der Waals surface area contributed by atoms with E-state index in [0.29, 0.717) is 12.5 Å². The van der Waals surface area contributed by atoms with Crippen LogP contribution in [-0.4, -0.2) is 43.9 Å². The maximum absolute atomic E-state index is 12.9. The lowest BCUT2D eigenvalue weighted by Gasteiger charge is -2.65. The Morgan fingerprint density at radius 1 is 1.48 bits per heavy atom. The fourth-order valence-corrected chi connectivity index (χ4v) is 3.90. The number of methoxy groups -OCH3 is 1. The van der Waals surface area contributed by atoms with Crippen LogP contribution in [0.5, 0.6) is 0 Å². The van der Waals surface area contributed by atoms with Gasteiger partial charge in [0.1, 0.15) is 5.54 Å². The average molecular weight is 298 g/mol. The molecule has 0 radical (unpaired) electrons. The van der Waals surface area contributed by atoms with Gasteiger partial charge in [0.15, 0.2) is 0 Å². The number of amides is 1. The fraction of sp³-hybridized carbons (Fsp3) is 0.938. The summed E-state index contributed by atoms with van der Waals surface area (Å²) in [5.41, 5.74) is 5.41. The van der Waals surface area contributed by atoms with Gasteiger partial charge in [0.25, 0.3) is 0 Å². The lowest BCUT2D eigenvalue weighted by molar-refractivity contribution is -0.225. The van der Waals surface area contributed by atoms with Gasteiger partial charge in [-0.15, -0.1) is 0 Å². The summed E-state index contributed by atoms with van der Waals surface area (Å²) in [6, 6.07) is -0.0118. The molecule has 0 aromatic heterocycles. The largest absolute Gasteiger partial charge is 0.383 e. The maximum atomic E-state index is 12.9. The molecule has 2 rings (SSSR count). The van der Waals surface area contributed by atoms with E-state index < -0.39 is 5.54 Å². The molecule has 122 valence electrons. The van der Waals surface area contributed by atoms with Crippen LogP contribution < -0.4 is 11.1 Å². The Morgan fingerprint density at radius 2 is 2.14 bits per heavy atom. The second kappa shape index (κ2) is 5.86. The van der Waals surface area contributed by atoms with Crippen molar-refractivity contribution in [3.63, 3.8) is 0 Å². The van der Waals surface area contributed by atoms with Crippen molar-refractivity contribution in [1.29, 1.82) is 0 Å². The highest BCUT2D eigenvalue weighted by atomic mass is 16.5. The Bertz CT molecular complexity index is 397. The summed E-state index contributed by atoms with van der Waals surface area (Å²) in [7, 11) is 1.65. The quantitative estimate of drug-likeness (QED) is 0.802. The van der Waals surface area contributed by atoms with Crippen LogP contribution in [0.25, 0.3) is 0 Å². The summed E-state index contributed by atoms with van der Waals surface area (Å²) in [6.45, 7) is 9.52. The van der Waals surface area contributed by atoms with Crippen LogP contribution >= 0.6 is 0 Å². The number of nitrogens with two attached hydrogens (primary N) is 1. The van der Waals surface area contributed by atoms with Gasteiger partial charge in [0.05, 0.1) is 18.8 Å². The zero-order valence-electron chi connectivity index (χ0n) is 13.9. The van der Waals surface area contributed by atoms with E-state index >= 15 is 0 Å². The molecule has 0 aromatic rings. The Morgan fingerprint density at radius 3 is 2.71 bits per heavy atom. The Hall–Kier alpha value is -0.650. The van der Waals surface area contributed by atoms with Crippen LogP contribution in [0.3, 0.4) is 0 Å². The van der Waals surface area contributed by atoms with E-state index in [0.717, 1.165) is 19.4 Å². The normalized spacial score (nSPS) is 35.8. The molecule has 4 atom stereocenters. The van der Waals surface area contributed by atoms with Crippen LogP contribution in [0.2, 0.25) is 0 Å². The number of rotatable bonds is 5. The van der Waals surface area contributed by atoms with Crippen molar-refractivity contribution in [3.8, 4) is 0 Å². The van der Waals surface area contributed by atoms with Crippen molar-refractivity contribution in [2.75, 3.05) is 20.3 Å². The second-order valence-electron chi connectivity index (χ2n) is 7.41. The molecule has 4 unspecified atom stereocenters. The van der Waals surface area contributed by atoms with Gasteiger partial charge < -0.3 is 20.5 Å². The van der Waals surface area contributed by atoms with Crippen molar-refractivity contribution >= 4 is 5.91 Å². The van der Waals surface area contributed by atoms with Gasteiger partial charge in [-0.3, -0.25) is 4.79 Å². The minimum atomic E-state index is -0.848. The monoisotopic (exact) mass is 298 g/mol. The van der Waals surface area contributed by atoms with Crippen LogP contribution in [0, 0.1) is 17.3 Å². The van der Waals surface area contributed by atoms with Crippen LogP contribution in [0.4, 0.5) is 0 Å². The first-order valence-corrected chi connectivity index (χ1v) is 7.97. The van der Waals surface area contributed by atoms with E-state index in [1.165, 1.54) is 0 Å². The number of nitrogens with one attached hydrogen (secondary N) is 1. The maximum Gasteiger partial charge on any atom is 0.241 e. The molecule has 1 aliphatic carbocycles. The first-order chi connectivity index (χ1) is 9.76. The number of carbonyl (C=O) groups excluding carboxylic acids is 1. The molecule has 3 N–H and O–H groups in total. The molecule has 2 aliphatic rings. The number of carbonyl (C=O) groups is 1. The zero-order valence-corrected chi connectivity index (χ0v) is 13.9. The Labute approximate surface area is 127 Å². The molecule has 0 aromatic carbocycles. The molecule has 2 fully saturated rings. The highest BCUT2D eigenvalue weighted by Gasteiger charge is 2.70. The van der Waals surface area contributed by atoms with E-state index in [-0.39, 0.29) is 29.4 Å². The predicted octanol–water partition coefficient (Wildman–Crippen LogP) is 1.31. The summed E-state index contributed by atoms with van der Waals surface area (Å²) in [4.78, 5) is 12.9. The molecule has 5 nitrogen and oxygen atoms in total. The molecule has 1 amide bonds. The van der Waals surface area contributed by atoms with E-state index in [9.17, 15) is 4.79 Å². The van der Waals surface area contributed by atoms with Crippen molar-refractivity contribution in [1.82, 2.24) is 5.32 Å². The number of hydrogen-bond donors (Lipinski definition) is 2. The van der Waals surface area contributed by atoms with Crippen molar-refractivity contribution in [3.05, 3.63) is 0 Å². The van der Waals surface area contributed by atoms with Gasteiger partial charge in [-0.2, -0.15) is 0 Å². The van der Waals surface area contributed by atoms with Gasteiger partial charge in [0, 0.05) is 25.0 Å². The van der Waals surface area contributed by atoms with E-state index in [1.54, 1.807) is 7.11 Å². The van der Waals surface area contributed by atoms with E-state index in [1.807, 2.05) is 13.8 Å². The van der Waals surface area contributed by atoms with Gasteiger partial charge >= 0.3 is 0 Å². The predicted molar refractivity (Wildman–Crippen MR) is 81.8 cm³/mol. The summed E-state index contributed by atoms with van der Waals surface area (Å²) in [5.74, 6) is 0.366. The highest BCUT2D eigenvalue weighted by molar-refractivity contribution is 5.89. The van der Waals surface area contributed by atoms with Gasteiger partial charge in [-0.25, -0.2) is 0 Å². The number of hydrogen-bond acceptors (Lipinski definition) is 4. The van der Waals surface area contributed by atoms with Crippen LogP contribution in [-0.2, 0) is 14.3 Å². The number of fused-ring (bicyclic) bond motifs is 1. The summed E-state index contributed by atoms with van der Waals surface area (Å²) in [5, 5.41) is 3.10. The van der Waals surface area contributed by atoms with E-state index in [4.69, 9.17) is 15.2 Å². The van der Waals surface area contributed by atoms with Gasteiger partial charge in [0.2, 0.25) is 5.91 Å². The van der Waals surface area contributed by atoms with Crippen LogP contribution in [0.15, 0.2) is 0 Å². The molecule has 21 heavy (non-hydrogen) atoms. The third-order valence-corrected chi connectivity index (χ3v) is 5.53. The lowest BCUT2D eigenvalue weighted by Crippen LogP contribution is -2.82. The van der Waals surface area contributed by atoms with Crippen molar-refractivity contribution in [2.24, 2.45) is 23.0 Å². The second-order valence-corrected chi connectivity index (χ2v) is 7.41. The summed E-state index contributed by atoms with van der Waals surface area (Å²) in [6.07, 6.45) is 2.05. The summed E-state index contributed by atoms with van der Waals surface area (Å²) < 4.78 is 11.1. The SMILES string of the molecule is COCC(NC(=O)C1(N)C2CCCOC2C1(C)C)C(C)C. The molecule has 0 bridgehead atoms. The number of ether oxygens (including phenoxy) is 2. The Balaban J connectivity index is 2.13. The Kier molecular flexibility index (Phi) is 4.66. The standard InChI is InChI=1S/C16H30N2O3/c1-10(2)12(9-20-5)18-14(19)16(17)11-7-6-8-21-13(11)15(16,3)4/h10-13H,6-9,17H2,1-5H3,(H,18,19). The minimum Gasteiger partial charge on any atom is -0.383 e. The zero-order chi connectivity index (χ0) is 15.8. The van der Waals surface area contributed by atoms with Crippen molar-refractivity contribution in [2.45, 2.75) is 58.2 Å². The third kappa shape index (κ3) is 2.49. The molecule has 5 heteroatoms. The highest BCUT2D eigenvalue weighted by Crippen LogP contribution is 2.57. The summed E-state index contributed by atoms with van der Waals surface area (Å²) >= 11 is 0. The third-order valence-electron chi connectivity index (χ3n) is 5.53. The molecule has 1 saturated heterocycles. The molecular formula is C16H30N2O3. The average Bonchev–Trinajstić information content (AvgIpc) is 2.45. The van der Waals surface area contributed by atoms with Crippen molar-refractivity contribution < 1.29 is 14.3 Å². The first-order valence-electron chi connectivity index (χ1n) is 7.97. The smallest absolute Gasteiger partial charge is 0.241 e. The van der Waals surface area contributed by atoms with Gasteiger partial charge in [-0.05, 0) is 18.8 Å². The topological polar surface area (TPSA) is 73.6 Å². The molecule has 0 spiro atoms. The first kappa shape index (κ1) is 16.7. The molecule has 1 saturated carbocycles. The van der Waals surface area contributed by atoms with Gasteiger partial charge in [-0.1, -0.05) is 27.7 Å². The minimum absolute atomic E-state index is 0.0118. The molecule has 1 heterocycles. The lowest BCUT2D eigenvalue weighted by atomic mass is 9.46. The van der Waals surface area contributed by atoms with E-state index in [2.05, 4.69) is 19.2 Å². The fourth-order valence-electron chi connectivity index (χ4n) is 3.90. The molecule has 1 aliphatic heterocycles. The van der Waals surface area contributed by atoms with Crippen LogP contribution in [0.1, 0.15) is 40.5 Å².